The Morgan fingerprint density at radius 2 is 1.94 bits per heavy atom. The molecule has 0 aliphatic rings. The molecule has 2 N–H and O–H groups in total. The molecule has 1 aromatic carbocycles. The molecule has 0 radical (unpaired) electrons. The van der Waals surface area contributed by atoms with E-state index in [2.05, 4.69) is 10.6 Å². The maximum Gasteiger partial charge on any atom is 0.241 e. The Hall–Kier alpha value is -1.59. The Bertz CT molecular complexity index is 365. The highest BCUT2D eigenvalue weighted by atomic mass is 16.5. The Morgan fingerprint density at radius 1 is 1.28 bits per heavy atom. The van der Waals surface area contributed by atoms with Gasteiger partial charge in [0.2, 0.25) is 5.91 Å². The summed E-state index contributed by atoms with van der Waals surface area (Å²) in [5.74, 6) is 0.692. The average Bonchev–Trinajstić information content (AvgIpc) is 2.40. The molecule has 0 aliphatic heterocycles. The molecule has 0 aromatic heterocycles. The lowest BCUT2D eigenvalue weighted by Crippen LogP contribution is -2.35. The van der Waals surface area contributed by atoms with Crippen molar-refractivity contribution in [3.05, 3.63) is 24.3 Å². The molecule has 0 fully saturated rings. The zero-order chi connectivity index (χ0) is 13.4. The van der Waals surface area contributed by atoms with Gasteiger partial charge < -0.3 is 20.1 Å². The summed E-state index contributed by atoms with van der Waals surface area (Å²) in [5, 5.41) is 5.69. The number of nitrogens with one attached hydrogen (secondary N) is 2. The van der Waals surface area contributed by atoms with Crippen molar-refractivity contribution >= 4 is 11.6 Å². The molecule has 5 heteroatoms. The zero-order valence-electron chi connectivity index (χ0n) is 11.0. The summed E-state index contributed by atoms with van der Waals surface area (Å²) in [7, 11) is 3.38. The molecule has 0 heterocycles. The Kier molecular flexibility index (Phi) is 6.18. The average molecular weight is 252 g/mol. The first kappa shape index (κ1) is 14.5. The molecule has 100 valence electrons. The smallest absolute Gasteiger partial charge is 0.241 e. The molecule has 18 heavy (non-hydrogen) atoms. The van der Waals surface area contributed by atoms with E-state index in [1.165, 1.54) is 0 Å². The van der Waals surface area contributed by atoms with Crippen LogP contribution in [0.15, 0.2) is 24.3 Å². The van der Waals surface area contributed by atoms with Gasteiger partial charge in [-0.3, -0.25) is 4.79 Å². The zero-order valence-corrected chi connectivity index (χ0v) is 11.0. The number of rotatable bonds is 7. The van der Waals surface area contributed by atoms with Crippen molar-refractivity contribution < 1.29 is 14.3 Å². The summed E-state index contributed by atoms with van der Waals surface area (Å²) in [4.78, 5) is 11.6. The quantitative estimate of drug-likeness (QED) is 0.717. The SMILES string of the molecule is CNC(C)C(=O)Nc1ccc(OCCOC)cc1. The second-order valence-electron chi connectivity index (χ2n) is 3.87. The summed E-state index contributed by atoms with van der Waals surface area (Å²) in [6.07, 6.45) is 0. The molecule has 0 saturated heterocycles. The largest absolute Gasteiger partial charge is 0.491 e. The van der Waals surface area contributed by atoms with Crippen LogP contribution in [0.25, 0.3) is 0 Å². The number of carbonyl (C=O) groups excluding carboxylic acids is 1. The second-order valence-corrected chi connectivity index (χ2v) is 3.87. The van der Waals surface area contributed by atoms with Gasteiger partial charge in [-0.1, -0.05) is 0 Å². The highest BCUT2D eigenvalue weighted by Crippen LogP contribution is 2.15. The molecule has 1 unspecified atom stereocenters. The fourth-order valence-electron chi connectivity index (χ4n) is 1.26. The molecule has 1 rings (SSSR count). The van der Waals surface area contributed by atoms with Crippen molar-refractivity contribution in [1.82, 2.24) is 5.32 Å². The lowest BCUT2D eigenvalue weighted by molar-refractivity contribution is -0.117. The molecule has 1 aromatic rings. The minimum Gasteiger partial charge on any atom is -0.491 e. The van der Waals surface area contributed by atoms with Gasteiger partial charge in [-0.25, -0.2) is 0 Å². The maximum absolute atomic E-state index is 11.6. The summed E-state index contributed by atoms with van der Waals surface area (Å²) < 4.78 is 10.3. The number of anilines is 1. The van der Waals surface area contributed by atoms with Crippen molar-refractivity contribution in [1.29, 1.82) is 0 Å². The number of methoxy groups -OCH3 is 1. The van der Waals surface area contributed by atoms with E-state index in [1.54, 1.807) is 21.1 Å². The van der Waals surface area contributed by atoms with Crippen LogP contribution in [0, 0.1) is 0 Å². The van der Waals surface area contributed by atoms with E-state index in [0.717, 1.165) is 11.4 Å². The predicted molar refractivity (Wildman–Crippen MR) is 71.0 cm³/mol. The van der Waals surface area contributed by atoms with Crippen molar-refractivity contribution in [2.45, 2.75) is 13.0 Å². The van der Waals surface area contributed by atoms with Crippen LogP contribution >= 0.6 is 0 Å². The van der Waals surface area contributed by atoms with E-state index >= 15 is 0 Å². The molecule has 1 atom stereocenters. The third-order valence-corrected chi connectivity index (χ3v) is 2.50. The van der Waals surface area contributed by atoms with Crippen LogP contribution < -0.4 is 15.4 Å². The van der Waals surface area contributed by atoms with Crippen LogP contribution in [0.1, 0.15) is 6.92 Å². The van der Waals surface area contributed by atoms with Crippen LogP contribution in [0.5, 0.6) is 5.75 Å². The van der Waals surface area contributed by atoms with Gasteiger partial charge in [-0.05, 0) is 38.2 Å². The molecule has 0 aliphatic carbocycles. The van der Waals surface area contributed by atoms with Crippen LogP contribution in [-0.2, 0) is 9.53 Å². The van der Waals surface area contributed by atoms with Crippen LogP contribution in [-0.4, -0.2) is 39.3 Å². The van der Waals surface area contributed by atoms with Gasteiger partial charge in [0.15, 0.2) is 0 Å². The van der Waals surface area contributed by atoms with Gasteiger partial charge in [0.1, 0.15) is 12.4 Å². The highest BCUT2D eigenvalue weighted by molar-refractivity contribution is 5.94. The summed E-state index contributed by atoms with van der Waals surface area (Å²) in [6.45, 7) is 2.87. The number of carbonyl (C=O) groups is 1. The maximum atomic E-state index is 11.6. The van der Waals surface area contributed by atoms with Crippen molar-refractivity contribution in [3.63, 3.8) is 0 Å². The van der Waals surface area contributed by atoms with Crippen molar-refractivity contribution in [3.8, 4) is 5.75 Å². The van der Waals surface area contributed by atoms with Gasteiger partial charge in [0.05, 0.1) is 12.6 Å². The minimum atomic E-state index is -0.220. The molecular weight excluding hydrogens is 232 g/mol. The van der Waals surface area contributed by atoms with Gasteiger partial charge in [0, 0.05) is 12.8 Å². The topological polar surface area (TPSA) is 59.6 Å². The number of hydrogen-bond acceptors (Lipinski definition) is 4. The van der Waals surface area contributed by atoms with Gasteiger partial charge in [0.25, 0.3) is 0 Å². The van der Waals surface area contributed by atoms with Gasteiger partial charge in [-0.2, -0.15) is 0 Å². The second kappa shape index (κ2) is 7.68. The summed E-state index contributed by atoms with van der Waals surface area (Å²) >= 11 is 0. The Morgan fingerprint density at radius 3 is 2.50 bits per heavy atom. The van der Waals surface area contributed by atoms with Gasteiger partial charge in [-0.15, -0.1) is 0 Å². The van der Waals surface area contributed by atoms with E-state index in [4.69, 9.17) is 9.47 Å². The third kappa shape index (κ3) is 4.73. The van der Waals surface area contributed by atoms with Gasteiger partial charge >= 0.3 is 0 Å². The van der Waals surface area contributed by atoms with Crippen molar-refractivity contribution in [2.75, 3.05) is 32.7 Å². The first-order valence-electron chi connectivity index (χ1n) is 5.87. The van der Waals surface area contributed by atoms with E-state index in [1.807, 2.05) is 24.3 Å². The number of amides is 1. The van der Waals surface area contributed by atoms with Crippen molar-refractivity contribution in [2.24, 2.45) is 0 Å². The van der Waals surface area contributed by atoms with E-state index in [0.29, 0.717) is 13.2 Å². The predicted octanol–water partition coefficient (Wildman–Crippen LogP) is 1.26. The molecule has 1 amide bonds. The fraction of sp³-hybridized carbons (Fsp3) is 0.462. The first-order valence-corrected chi connectivity index (χ1v) is 5.87. The van der Waals surface area contributed by atoms with Crippen LogP contribution in [0.2, 0.25) is 0 Å². The molecule has 5 nitrogen and oxygen atoms in total. The normalized spacial score (nSPS) is 11.9. The summed E-state index contributed by atoms with van der Waals surface area (Å²) in [5.41, 5.74) is 0.751. The molecule has 0 saturated carbocycles. The van der Waals surface area contributed by atoms with E-state index in [-0.39, 0.29) is 11.9 Å². The van der Waals surface area contributed by atoms with Crippen LogP contribution in [0.3, 0.4) is 0 Å². The number of hydrogen-bond donors (Lipinski definition) is 2. The molecule has 0 spiro atoms. The number of benzene rings is 1. The third-order valence-electron chi connectivity index (χ3n) is 2.50. The van der Waals surface area contributed by atoms with E-state index in [9.17, 15) is 4.79 Å². The minimum absolute atomic E-state index is 0.0643. The lowest BCUT2D eigenvalue weighted by atomic mass is 10.2. The Balaban J connectivity index is 2.47. The number of likely N-dealkylation sites (N-methyl/N-ethyl adjacent to an activating group) is 1. The fourth-order valence-corrected chi connectivity index (χ4v) is 1.26. The molecular formula is C13H20N2O3. The standard InChI is InChI=1S/C13H20N2O3/c1-10(14-2)13(16)15-11-4-6-12(7-5-11)18-9-8-17-3/h4-7,10,14H,8-9H2,1-3H3,(H,15,16). The van der Waals surface area contributed by atoms with Crippen LogP contribution in [0.4, 0.5) is 5.69 Å². The lowest BCUT2D eigenvalue weighted by Gasteiger charge is -2.11. The first-order chi connectivity index (χ1) is 8.67. The monoisotopic (exact) mass is 252 g/mol. The Labute approximate surface area is 107 Å². The molecule has 0 bridgehead atoms. The summed E-state index contributed by atoms with van der Waals surface area (Å²) in [6, 6.07) is 7.03. The number of ether oxygens (including phenoxy) is 2. The highest BCUT2D eigenvalue weighted by Gasteiger charge is 2.09. The van der Waals surface area contributed by atoms with E-state index < -0.39 is 0 Å².